The van der Waals surface area contributed by atoms with E-state index in [1.165, 1.54) is 5.56 Å². The molecular formula is C16H22ClN3. The molecule has 1 aromatic heterocycles. The zero-order valence-electron chi connectivity index (χ0n) is 12.7. The molecule has 20 heavy (non-hydrogen) atoms. The third-order valence-corrected chi connectivity index (χ3v) is 2.96. The number of para-hydroxylation sites is 1. The summed E-state index contributed by atoms with van der Waals surface area (Å²) in [5.74, 6) is 0.661. The Bertz CT molecular complexity index is 568. The predicted octanol–water partition coefficient (Wildman–Crippen LogP) is 4.56. The molecule has 2 aromatic rings. The van der Waals surface area contributed by atoms with Crippen LogP contribution >= 0.6 is 12.4 Å². The highest BCUT2D eigenvalue weighted by molar-refractivity contribution is 5.85. The van der Waals surface area contributed by atoms with E-state index in [0.717, 1.165) is 17.1 Å². The van der Waals surface area contributed by atoms with Crippen molar-refractivity contribution in [1.82, 2.24) is 9.97 Å². The van der Waals surface area contributed by atoms with Crippen molar-refractivity contribution in [2.45, 2.75) is 40.0 Å². The molecule has 0 bridgehead atoms. The van der Waals surface area contributed by atoms with Crippen LogP contribution in [0.3, 0.4) is 0 Å². The van der Waals surface area contributed by atoms with Crippen molar-refractivity contribution in [3.05, 3.63) is 47.3 Å². The lowest BCUT2D eigenvalue weighted by Gasteiger charge is -2.23. The lowest BCUT2D eigenvalue weighted by molar-refractivity contribution is 0.592. The van der Waals surface area contributed by atoms with Crippen LogP contribution < -0.4 is 5.32 Å². The van der Waals surface area contributed by atoms with Crippen molar-refractivity contribution in [2.75, 3.05) is 5.32 Å². The second-order valence-corrected chi connectivity index (χ2v) is 5.89. The van der Waals surface area contributed by atoms with Crippen LogP contribution in [0.4, 0.5) is 11.6 Å². The normalized spacial score (nSPS) is 10.8. The summed E-state index contributed by atoms with van der Waals surface area (Å²) in [4.78, 5) is 8.86. The Morgan fingerprint density at radius 2 is 1.50 bits per heavy atom. The molecule has 0 spiro atoms. The number of nitrogens with one attached hydrogen (secondary N) is 1. The first-order chi connectivity index (χ1) is 8.86. The van der Waals surface area contributed by atoms with Gasteiger partial charge in [0.2, 0.25) is 5.95 Å². The molecule has 108 valence electrons. The van der Waals surface area contributed by atoms with E-state index in [9.17, 15) is 0 Å². The van der Waals surface area contributed by atoms with Crippen LogP contribution in [0.2, 0.25) is 0 Å². The second-order valence-electron chi connectivity index (χ2n) is 5.89. The first kappa shape index (κ1) is 16.4. The second kappa shape index (κ2) is 6.23. The fraction of sp³-hybridized carbons (Fsp3) is 0.375. The number of benzene rings is 1. The van der Waals surface area contributed by atoms with E-state index < -0.39 is 0 Å². The van der Waals surface area contributed by atoms with Crippen LogP contribution in [0.25, 0.3) is 0 Å². The minimum atomic E-state index is 0. The third kappa shape index (κ3) is 3.94. The van der Waals surface area contributed by atoms with Gasteiger partial charge in [-0.3, -0.25) is 0 Å². The first-order valence-corrected chi connectivity index (χ1v) is 6.55. The van der Waals surface area contributed by atoms with E-state index in [4.69, 9.17) is 0 Å². The van der Waals surface area contributed by atoms with Gasteiger partial charge in [-0.2, -0.15) is 0 Å². The number of aromatic nitrogens is 2. The maximum atomic E-state index is 4.43. The van der Waals surface area contributed by atoms with Crippen molar-refractivity contribution < 1.29 is 0 Å². The van der Waals surface area contributed by atoms with Gasteiger partial charge >= 0.3 is 0 Å². The molecule has 0 aliphatic carbocycles. The third-order valence-electron chi connectivity index (χ3n) is 2.96. The fourth-order valence-electron chi connectivity index (χ4n) is 2.15. The number of hydrogen-bond acceptors (Lipinski definition) is 3. The van der Waals surface area contributed by atoms with Gasteiger partial charge in [0.1, 0.15) is 0 Å². The molecule has 1 aromatic carbocycles. The van der Waals surface area contributed by atoms with Gasteiger partial charge in [0.25, 0.3) is 0 Å². The molecule has 0 saturated carbocycles. The molecule has 0 atom stereocenters. The number of hydrogen-bond donors (Lipinski definition) is 1. The fourth-order valence-corrected chi connectivity index (χ4v) is 2.15. The summed E-state index contributed by atoms with van der Waals surface area (Å²) >= 11 is 0. The molecule has 4 heteroatoms. The van der Waals surface area contributed by atoms with Crippen molar-refractivity contribution in [3.8, 4) is 0 Å². The zero-order chi connectivity index (χ0) is 14.0. The molecule has 0 amide bonds. The molecule has 0 fully saturated rings. The Morgan fingerprint density at radius 3 is 2.05 bits per heavy atom. The summed E-state index contributed by atoms with van der Waals surface area (Å²) in [5, 5.41) is 3.34. The van der Waals surface area contributed by atoms with Gasteiger partial charge < -0.3 is 5.32 Å². The maximum Gasteiger partial charge on any atom is 0.227 e. The summed E-state index contributed by atoms with van der Waals surface area (Å²) in [6.07, 6.45) is 0. The Labute approximate surface area is 127 Å². The summed E-state index contributed by atoms with van der Waals surface area (Å²) in [5.41, 5.74) is 4.37. The average Bonchev–Trinajstić information content (AvgIpc) is 2.26. The highest BCUT2D eigenvalue weighted by Gasteiger charge is 2.17. The molecule has 2 rings (SSSR count). The average molecular weight is 292 g/mol. The Morgan fingerprint density at radius 1 is 0.950 bits per heavy atom. The van der Waals surface area contributed by atoms with Crippen LogP contribution in [0.15, 0.2) is 30.3 Å². The summed E-state index contributed by atoms with van der Waals surface area (Å²) < 4.78 is 0. The molecule has 0 saturated heterocycles. The quantitative estimate of drug-likeness (QED) is 0.881. The molecule has 0 aliphatic rings. The van der Waals surface area contributed by atoms with Crippen molar-refractivity contribution in [2.24, 2.45) is 0 Å². The van der Waals surface area contributed by atoms with E-state index >= 15 is 0 Å². The molecular weight excluding hydrogens is 270 g/mol. The minimum Gasteiger partial charge on any atom is -0.324 e. The van der Waals surface area contributed by atoms with Gasteiger partial charge in [-0.25, -0.2) is 9.97 Å². The number of anilines is 2. The van der Waals surface area contributed by atoms with Crippen LogP contribution in [-0.2, 0) is 5.41 Å². The molecule has 3 nitrogen and oxygen atoms in total. The minimum absolute atomic E-state index is 0. The highest BCUT2D eigenvalue weighted by Crippen LogP contribution is 2.30. The van der Waals surface area contributed by atoms with E-state index in [-0.39, 0.29) is 17.8 Å². The summed E-state index contributed by atoms with van der Waals surface area (Å²) in [6.45, 7) is 10.6. The Kier molecular flexibility index (Phi) is 5.12. The molecule has 0 radical (unpaired) electrons. The number of aryl methyl sites for hydroxylation is 2. The van der Waals surface area contributed by atoms with Gasteiger partial charge in [-0.15, -0.1) is 12.4 Å². The van der Waals surface area contributed by atoms with Crippen LogP contribution in [0.5, 0.6) is 0 Å². The van der Waals surface area contributed by atoms with Crippen molar-refractivity contribution in [1.29, 1.82) is 0 Å². The van der Waals surface area contributed by atoms with Gasteiger partial charge in [0.15, 0.2) is 0 Å². The highest BCUT2D eigenvalue weighted by atomic mass is 35.5. The van der Waals surface area contributed by atoms with Crippen molar-refractivity contribution in [3.63, 3.8) is 0 Å². The zero-order valence-corrected chi connectivity index (χ0v) is 13.5. The SMILES string of the molecule is Cc1cc(C)nc(Nc2ccccc2C(C)(C)C)n1.Cl. The largest absolute Gasteiger partial charge is 0.324 e. The van der Waals surface area contributed by atoms with E-state index in [0.29, 0.717) is 5.95 Å². The van der Waals surface area contributed by atoms with Gasteiger partial charge in [-0.05, 0) is 37.0 Å². The van der Waals surface area contributed by atoms with E-state index in [1.54, 1.807) is 0 Å². The summed E-state index contributed by atoms with van der Waals surface area (Å²) in [6, 6.07) is 10.3. The van der Waals surface area contributed by atoms with E-state index in [2.05, 4.69) is 54.3 Å². The van der Waals surface area contributed by atoms with Crippen molar-refractivity contribution >= 4 is 24.0 Å². The number of halogens is 1. The van der Waals surface area contributed by atoms with E-state index in [1.807, 2.05) is 26.0 Å². The van der Waals surface area contributed by atoms with Crippen LogP contribution in [-0.4, -0.2) is 9.97 Å². The first-order valence-electron chi connectivity index (χ1n) is 6.55. The molecule has 1 heterocycles. The van der Waals surface area contributed by atoms with Crippen LogP contribution in [0.1, 0.15) is 37.7 Å². The Hall–Kier alpha value is -1.61. The smallest absolute Gasteiger partial charge is 0.227 e. The van der Waals surface area contributed by atoms with Crippen LogP contribution in [0, 0.1) is 13.8 Å². The standard InChI is InChI=1S/C16H21N3.ClH/c1-11-10-12(2)18-15(17-11)19-14-9-7-6-8-13(14)16(3,4)5;/h6-10H,1-5H3,(H,17,18,19);1H. The number of rotatable bonds is 2. The van der Waals surface area contributed by atoms with Gasteiger partial charge in [0.05, 0.1) is 0 Å². The number of nitrogens with zero attached hydrogens (tertiary/aromatic N) is 2. The lowest BCUT2D eigenvalue weighted by Crippen LogP contribution is -2.14. The molecule has 0 aliphatic heterocycles. The maximum absolute atomic E-state index is 4.43. The molecule has 1 N–H and O–H groups in total. The topological polar surface area (TPSA) is 37.8 Å². The summed E-state index contributed by atoms with van der Waals surface area (Å²) in [7, 11) is 0. The molecule has 0 unspecified atom stereocenters. The van der Waals surface area contributed by atoms with Gasteiger partial charge in [0, 0.05) is 17.1 Å². The Balaban J connectivity index is 0.00000200. The monoisotopic (exact) mass is 291 g/mol. The van der Waals surface area contributed by atoms with Gasteiger partial charge in [-0.1, -0.05) is 39.0 Å². The predicted molar refractivity (Wildman–Crippen MR) is 87.2 cm³/mol. The lowest BCUT2D eigenvalue weighted by atomic mass is 9.86.